The Morgan fingerprint density at radius 3 is 2.44 bits per heavy atom. The minimum absolute atomic E-state index is 0.883. The molecule has 3 heteroatoms. The summed E-state index contributed by atoms with van der Waals surface area (Å²) in [6.07, 6.45) is 0. The number of nitrogens with zero attached hydrogens (tertiary/aromatic N) is 1. The maximum Gasteiger partial charge on any atom is 0.118 e. The van der Waals surface area contributed by atoms with Crippen LogP contribution in [-0.2, 0) is 0 Å². The lowest BCUT2D eigenvalue weighted by atomic mass is 10.1. The zero-order valence-electron chi connectivity index (χ0n) is 10.3. The number of fused-ring (bicyclic) bond motifs is 1. The van der Waals surface area contributed by atoms with Crippen molar-refractivity contribution in [3.05, 3.63) is 47.5 Å². The van der Waals surface area contributed by atoms with E-state index in [9.17, 15) is 0 Å². The van der Waals surface area contributed by atoms with E-state index in [0.717, 1.165) is 16.3 Å². The number of aromatic nitrogens is 1. The molecule has 0 atom stereocenters. The van der Waals surface area contributed by atoms with Crippen LogP contribution in [0.15, 0.2) is 42.5 Å². The van der Waals surface area contributed by atoms with Crippen molar-refractivity contribution in [2.45, 2.75) is 6.92 Å². The molecule has 0 amide bonds. The summed E-state index contributed by atoms with van der Waals surface area (Å²) in [5, 5.41) is 1.11. The lowest BCUT2D eigenvalue weighted by Gasteiger charge is -2.03. The molecule has 0 unspecified atom stereocenters. The number of thiazole rings is 1. The van der Waals surface area contributed by atoms with Gasteiger partial charge in [0, 0.05) is 0 Å². The Morgan fingerprint density at radius 1 is 1.00 bits per heavy atom. The molecule has 2 nitrogen and oxygen atoms in total. The quantitative estimate of drug-likeness (QED) is 0.682. The highest BCUT2D eigenvalue weighted by atomic mass is 32.1. The van der Waals surface area contributed by atoms with Crippen LogP contribution in [-0.4, -0.2) is 12.1 Å². The van der Waals surface area contributed by atoms with Crippen LogP contribution in [0.5, 0.6) is 5.75 Å². The molecule has 1 heterocycles. The molecule has 0 bridgehead atoms. The molecule has 0 aliphatic heterocycles. The standard InChI is InChI=1S/C15H13NOS/c1-10-16-14-8-5-12(9-15(14)18-10)11-3-6-13(17-2)7-4-11/h3-9H,1-2H3. The Bertz CT molecular complexity index is 685. The van der Waals surface area contributed by atoms with Crippen molar-refractivity contribution in [1.29, 1.82) is 0 Å². The molecular weight excluding hydrogens is 242 g/mol. The smallest absolute Gasteiger partial charge is 0.118 e. The van der Waals surface area contributed by atoms with E-state index in [4.69, 9.17) is 4.74 Å². The molecule has 18 heavy (non-hydrogen) atoms. The van der Waals surface area contributed by atoms with E-state index in [1.165, 1.54) is 15.8 Å². The van der Waals surface area contributed by atoms with E-state index in [-0.39, 0.29) is 0 Å². The van der Waals surface area contributed by atoms with Gasteiger partial charge in [-0.15, -0.1) is 11.3 Å². The molecule has 0 saturated heterocycles. The van der Waals surface area contributed by atoms with Gasteiger partial charge in [-0.2, -0.15) is 0 Å². The number of hydrogen-bond acceptors (Lipinski definition) is 3. The number of aryl methyl sites for hydroxylation is 1. The van der Waals surface area contributed by atoms with E-state index < -0.39 is 0 Å². The summed E-state index contributed by atoms with van der Waals surface area (Å²) in [6, 6.07) is 14.5. The molecule has 90 valence electrons. The van der Waals surface area contributed by atoms with E-state index in [1.807, 2.05) is 19.1 Å². The van der Waals surface area contributed by atoms with Crippen LogP contribution < -0.4 is 4.74 Å². The van der Waals surface area contributed by atoms with Gasteiger partial charge in [0.25, 0.3) is 0 Å². The number of rotatable bonds is 2. The van der Waals surface area contributed by atoms with Gasteiger partial charge in [-0.1, -0.05) is 18.2 Å². The zero-order valence-corrected chi connectivity index (χ0v) is 11.1. The van der Waals surface area contributed by atoms with E-state index in [1.54, 1.807) is 18.4 Å². The van der Waals surface area contributed by atoms with Crippen molar-refractivity contribution in [2.75, 3.05) is 7.11 Å². The van der Waals surface area contributed by atoms with E-state index in [2.05, 4.69) is 35.3 Å². The van der Waals surface area contributed by atoms with Gasteiger partial charge in [-0.25, -0.2) is 4.98 Å². The molecule has 3 rings (SSSR count). The highest BCUT2D eigenvalue weighted by Crippen LogP contribution is 2.28. The average Bonchev–Trinajstić information content (AvgIpc) is 2.78. The third kappa shape index (κ3) is 1.97. The first kappa shape index (κ1) is 11.2. The monoisotopic (exact) mass is 255 g/mol. The van der Waals surface area contributed by atoms with Crippen LogP contribution in [0.1, 0.15) is 5.01 Å². The maximum absolute atomic E-state index is 5.17. The molecule has 2 aromatic carbocycles. The summed E-state index contributed by atoms with van der Waals surface area (Å²) in [6.45, 7) is 2.04. The Hall–Kier alpha value is -1.87. The Kier molecular flexibility index (Phi) is 2.76. The first-order valence-corrected chi connectivity index (χ1v) is 6.59. The second-order valence-corrected chi connectivity index (χ2v) is 5.38. The van der Waals surface area contributed by atoms with E-state index >= 15 is 0 Å². The fourth-order valence-corrected chi connectivity index (χ4v) is 2.87. The van der Waals surface area contributed by atoms with Crippen molar-refractivity contribution >= 4 is 21.6 Å². The SMILES string of the molecule is COc1ccc(-c2ccc3nc(C)sc3c2)cc1. The van der Waals surface area contributed by atoms with Crippen LogP contribution in [0.25, 0.3) is 21.3 Å². The van der Waals surface area contributed by atoms with Crippen molar-refractivity contribution < 1.29 is 4.74 Å². The van der Waals surface area contributed by atoms with Crippen molar-refractivity contribution in [3.63, 3.8) is 0 Å². The minimum atomic E-state index is 0.883. The van der Waals surface area contributed by atoms with E-state index in [0.29, 0.717) is 0 Å². The van der Waals surface area contributed by atoms with Gasteiger partial charge in [0.05, 0.1) is 22.3 Å². The topological polar surface area (TPSA) is 22.1 Å². The summed E-state index contributed by atoms with van der Waals surface area (Å²) in [5.41, 5.74) is 3.49. The fraction of sp³-hybridized carbons (Fsp3) is 0.133. The van der Waals surface area contributed by atoms with Gasteiger partial charge in [0.2, 0.25) is 0 Å². The van der Waals surface area contributed by atoms with Gasteiger partial charge in [0.1, 0.15) is 5.75 Å². The predicted octanol–water partition coefficient (Wildman–Crippen LogP) is 4.28. The first-order valence-electron chi connectivity index (χ1n) is 5.78. The minimum Gasteiger partial charge on any atom is -0.497 e. The number of hydrogen-bond donors (Lipinski definition) is 0. The Morgan fingerprint density at radius 2 is 1.72 bits per heavy atom. The van der Waals surface area contributed by atoms with Crippen LogP contribution in [0.4, 0.5) is 0 Å². The van der Waals surface area contributed by atoms with Crippen LogP contribution in [0.3, 0.4) is 0 Å². The van der Waals surface area contributed by atoms with Crippen molar-refractivity contribution in [3.8, 4) is 16.9 Å². The molecule has 0 aliphatic carbocycles. The average molecular weight is 255 g/mol. The molecule has 0 N–H and O–H groups in total. The van der Waals surface area contributed by atoms with Crippen molar-refractivity contribution in [1.82, 2.24) is 4.98 Å². The second kappa shape index (κ2) is 4.42. The Balaban J connectivity index is 2.06. The van der Waals surface area contributed by atoms with Gasteiger partial charge in [-0.3, -0.25) is 0 Å². The Labute approximate surface area is 110 Å². The molecule has 3 aromatic rings. The summed E-state index contributed by atoms with van der Waals surface area (Å²) >= 11 is 1.73. The molecule has 1 aromatic heterocycles. The van der Waals surface area contributed by atoms with Gasteiger partial charge < -0.3 is 4.74 Å². The molecule has 0 radical (unpaired) electrons. The summed E-state index contributed by atoms with van der Waals surface area (Å²) < 4.78 is 6.41. The summed E-state index contributed by atoms with van der Waals surface area (Å²) in [5.74, 6) is 0.883. The maximum atomic E-state index is 5.17. The summed E-state index contributed by atoms with van der Waals surface area (Å²) in [7, 11) is 1.68. The fourth-order valence-electron chi connectivity index (χ4n) is 2.00. The largest absolute Gasteiger partial charge is 0.497 e. The van der Waals surface area contributed by atoms with Crippen LogP contribution >= 0.6 is 11.3 Å². The molecule has 0 aliphatic rings. The molecule has 0 saturated carbocycles. The third-order valence-corrected chi connectivity index (χ3v) is 3.85. The number of ether oxygens (including phenoxy) is 1. The highest BCUT2D eigenvalue weighted by molar-refractivity contribution is 7.18. The van der Waals surface area contributed by atoms with Crippen LogP contribution in [0.2, 0.25) is 0 Å². The predicted molar refractivity (Wildman–Crippen MR) is 76.3 cm³/mol. The molecular formula is C15H13NOS. The molecule has 0 fully saturated rings. The lowest BCUT2D eigenvalue weighted by Crippen LogP contribution is -1.82. The third-order valence-electron chi connectivity index (χ3n) is 2.92. The first-order chi connectivity index (χ1) is 8.76. The van der Waals surface area contributed by atoms with Gasteiger partial charge in [0.15, 0.2) is 0 Å². The summed E-state index contributed by atoms with van der Waals surface area (Å²) in [4.78, 5) is 4.47. The zero-order chi connectivity index (χ0) is 12.5. The van der Waals surface area contributed by atoms with Gasteiger partial charge >= 0.3 is 0 Å². The normalized spacial score (nSPS) is 10.8. The highest BCUT2D eigenvalue weighted by Gasteiger charge is 2.03. The van der Waals surface area contributed by atoms with Crippen LogP contribution in [0, 0.1) is 6.92 Å². The van der Waals surface area contributed by atoms with Crippen molar-refractivity contribution in [2.24, 2.45) is 0 Å². The molecule has 0 spiro atoms. The number of benzene rings is 2. The van der Waals surface area contributed by atoms with Gasteiger partial charge in [-0.05, 0) is 42.3 Å². The second-order valence-electron chi connectivity index (χ2n) is 4.14. The number of methoxy groups -OCH3 is 1. The lowest BCUT2D eigenvalue weighted by molar-refractivity contribution is 0.415.